The first-order chi connectivity index (χ1) is 11.2. The van der Waals surface area contributed by atoms with Crippen molar-refractivity contribution in [2.24, 2.45) is 5.92 Å². The standard InChI is InChI=1S/C20H23N3.ClH/c1-14-15(2)23(13-17-8-9-17)19-18(14)10-11-21-20(19)22-12-16-6-4-3-5-7-16;/h3-7,10-11,17H,8-9,12-13H2,1-2H3,(H,21,22);1H. The highest BCUT2D eigenvalue weighted by Gasteiger charge is 2.25. The van der Waals surface area contributed by atoms with E-state index < -0.39 is 0 Å². The Kier molecular flexibility index (Phi) is 4.81. The molecule has 4 heteroatoms. The molecule has 1 aliphatic rings. The molecule has 0 saturated heterocycles. The van der Waals surface area contributed by atoms with Gasteiger partial charge >= 0.3 is 0 Å². The molecule has 4 rings (SSSR count). The van der Waals surface area contributed by atoms with E-state index in [1.807, 2.05) is 6.20 Å². The van der Waals surface area contributed by atoms with Crippen molar-refractivity contribution in [1.82, 2.24) is 9.55 Å². The Balaban J connectivity index is 0.00000169. The van der Waals surface area contributed by atoms with Crippen LogP contribution in [0.2, 0.25) is 0 Å². The van der Waals surface area contributed by atoms with Crippen LogP contribution in [0.25, 0.3) is 10.9 Å². The molecule has 24 heavy (non-hydrogen) atoms. The molecule has 126 valence electrons. The monoisotopic (exact) mass is 341 g/mol. The number of aromatic nitrogens is 2. The zero-order valence-electron chi connectivity index (χ0n) is 14.2. The molecule has 0 atom stereocenters. The SMILES string of the molecule is Cc1c(C)n(CC2CC2)c2c(NCc3ccccc3)nccc12.Cl. The van der Waals surface area contributed by atoms with Crippen LogP contribution in [0.15, 0.2) is 42.6 Å². The van der Waals surface area contributed by atoms with Gasteiger partial charge in [-0.3, -0.25) is 0 Å². The minimum Gasteiger partial charge on any atom is -0.364 e. The summed E-state index contributed by atoms with van der Waals surface area (Å²) < 4.78 is 2.47. The van der Waals surface area contributed by atoms with Crippen LogP contribution in [0.3, 0.4) is 0 Å². The van der Waals surface area contributed by atoms with Gasteiger partial charge in [0.25, 0.3) is 0 Å². The first-order valence-corrected chi connectivity index (χ1v) is 8.46. The lowest BCUT2D eigenvalue weighted by atomic mass is 10.2. The first kappa shape index (κ1) is 16.8. The number of nitrogens with one attached hydrogen (secondary N) is 1. The Morgan fingerprint density at radius 3 is 2.58 bits per heavy atom. The minimum absolute atomic E-state index is 0. The van der Waals surface area contributed by atoms with Crippen LogP contribution in [0.1, 0.15) is 29.7 Å². The Hall–Kier alpha value is -2.00. The average molecular weight is 342 g/mol. The number of benzene rings is 1. The second-order valence-corrected chi connectivity index (χ2v) is 6.66. The van der Waals surface area contributed by atoms with Crippen LogP contribution in [-0.2, 0) is 13.1 Å². The lowest BCUT2D eigenvalue weighted by Gasteiger charge is -2.12. The number of fused-ring (bicyclic) bond motifs is 1. The van der Waals surface area contributed by atoms with Gasteiger partial charge in [-0.1, -0.05) is 30.3 Å². The number of hydrogen-bond acceptors (Lipinski definition) is 2. The van der Waals surface area contributed by atoms with Crippen molar-refractivity contribution in [3.05, 3.63) is 59.4 Å². The molecule has 1 aromatic carbocycles. The fourth-order valence-electron chi connectivity index (χ4n) is 3.29. The van der Waals surface area contributed by atoms with Gasteiger partial charge in [-0.15, -0.1) is 12.4 Å². The van der Waals surface area contributed by atoms with Crippen molar-refractivity contribution in [3.63, 3.8) is 0 Å². The Morgan fingerprint density at radius 1 is 1.12 bits per heavy atom. The van der Waals surface area contributed by atoms with E-state index in [2.05, 4.69) is 65.1 Å². The summed E-state index contributed by atoms with van der Waals surface area (Å²) in [6.07, 6.45) is 4.65. The van der Waals surface area contributed by atoms with Gasteiger partial charge in [-0.05, 0) is 49.8 Å². The maximum atomic E-state index is 4.63. The molecule has 0 spiro atoms. The summed E-state index contributed by atoms with van der Waals surface area (Å²) in [6, 6.07) is 12.6. The van der Waals surface area contributed by atoms with Gasteiger partial charge in [0.2, 0.25) is 0 Å². The largest absolute Gasteiger partial charge is 0.364 e. The second kappa shape index (κ2) is 6.86. The number of nitrogens with zero attached hydrogens (tertiary/aromatic N) is 2. The summed E-state index contributed by atoms with van der Waals surface area (Å²) in [5, 5.41) is 4.87. The molecular formula is C20H24ClN3. The van der Waals surface area contributed by atoms with Crippen molar-refractivity contribution < 1.29 is 0 Å². The second-order valence-electron chi connectivity index (χ2n) is 6.66. The molecule has 0 bridgehead atoms. The van der Waals surface area contributed by atoms with Crippen LogP contribution in [0.5, 0.6) is 0 Å². The molecule has 0 aliphatic heterocycles. The number of anilines is 1. The van der Waals surface area contributed by atoms with Crippen LogP contribution in [0.4, 0.5) is 5.82 Å². The van der Waals surface area contributed by atoms with Gasteiger partial charge in [-0.25, -0.2) is 4.98 Å². The molecule has 0 amide bonds. The molecular weight excluding hydrogens is 318 g/mol. The van der Waals surface area contributed by atoms with E-state index in [9.17, 15) is 0 Å². The van der Waals surface area contributed by atoms with Gasteiger partial charge in [0.1, 0.15) is 0 Å². The molecule has 1 saturated carbocycles. The fraction of sp³-hybridized carbons (Fsp3) is 0.350. The van der Waals surface area contributed by atoms with E-state index in [1.54, 1.807) is 0 Å². The first-order valence-electron chi connectivity index (χ1n) is 8.46. The summed E-state index contributed by atoms with van der Waals surface area (Å²) in [5.74, 6) is 1.86. The van der Waals surface area contributed by atoms with E-state index in [0.29, 0.717) is 0 Å². The molecule has 0 unspecified atom stereocenters. The number of aryl methyl sites for hydroxylation is 1. The third kappa shape index (κ3) is 3.13. The molecule has 2 aromatic heterocycles. The van der Waals surface area contributed by atoms with Gasteiger partial charge in [0, 0.05) is 30.4 Å². The van der Waals surface area contributed by atoms with Gasteiger partial charge in [0.05, 0.1) is 5.52 Å². The van der Waals surface area contributed by atoms with E-state index >= 15 is 0 Å². The third-order valence-corrected chi connectivity index (χ3v) is 4.99. The highest BCUT2D eigenvalue weighted by atomic mass is 35.5. The minimum atomic E-state index is 0. The normalized spacial score (nSPS) is 13.8. The van der Waals surface area contributed by atoms with Crippen molar-refractivity contribution in [2.75, 3.05) is 5.32 Å². The molecule has 1 N–H and O–H groups in total. The molecule has 1 fully saturated rings. The van der Waals surface area contributed by atoms with E-state index in [4.69, 9.17) is 0 Å². The number of hydrogen-bond donors (Lipinski definition) is 1. The number of rotatable bonds is 5. The Morgan fingerprint density at radius 2 is 1.88 bits per heavy atom. The topological polar surface area (TPSA) is 29.9 Å². The van der Waals surface area contributed by atoms with Gasteiger partial charge in [0.15, 0.2) is 5.82 Å². The highest BCUT2D eigenvalue weighted by molar-refractivity contribution is 5.93. The Bertz CT molecular complexity index is 835. The van der Waals surface area contributed by atoms with Gasteiger partial charge < -0.3 is 9.88 Å². The van der Waals surface area contributed by atoms with Gasteiger partial charge in [-0.2, -0.15) is 0 Å². The quantitative estimate of drug-likeness (QED) is 0.700. The summed E-state index contributed by atoms with van der Waals surface area (Å²) in [4.78, 5) is 4.63. The zero-order valence-corrected chi connectivity index (χ0v) is 15.1. The lowest BCUT2D eigenvalue weighted by Crippen LogP contribution is -2.07. The molecule has 0 radical (unpaired) electrons. The maximum absolute atomic E-state index is 4.63. The number of halogens is 1. The molecule has 1 aliphatic carbocycles. The van der Waals surface area contributed by atoms with Crippen molar-refractivity contribution in [3.8, 4) is 0 Å². The third-order valence-electron chi connectivity index (χ3n) is 4.99. The van der Waals surface area contributed by atoms with Crippen molar-refractivity contribution in [2.45, 2.75) is 39.8 Å². The molecule has 2 heterocycles. The molecule has 3 nitrogen and oxygen atoms in total. The van der Waals surface area contributed by atoms with Crippen molar-refractivity contribution in [1.29, 1.82) is 0 Å². The summed E-state index contributed by atoms with van der Waals surface area (Å²) >= 11 is 0. The van der Waals surface area contributed by atoms with E-state index in [1.165, 1.54) is 40.6 Å². The van der Waals surface area contributed by atoms with Crippen LogP contribution in [-0.4, -0.2) is 9.55 Å². The van der Waals surface area contributed by atoms with Crippen molar-refractivity contribution >= 4 is 29.1 Å². The summed E-state index contributed by atoms with van der Waals surface area (Å²) in [5.41, 5.74) is 5.30. The predicted octanol–water partition coefficient (Wildman–Crippen LogP) is 5.10. The smallest absolute Gasteiger partial charge is 0.150 e. The Labute approximate surface area is 149 Å². The molecule has 3 aromatic rings. The lowest BCUT2D eigenvalue weighted by molar-refractivity contribution is 0.631. The number of pyridine rings is 1. The highest BCUT2D eigenvalue weighted by Crippen LogP contribution is 2.36. The average Bonchev–Trinajstić information content (AvgIpc) is 3.37. The summed E-state index contributed by atoms with van der Waals surface area (Å²) in [6.45, 7) is 6.39. The van der Waals surface area contributed by atoms with E-state index in [0.717, 1.165) is 24.8 Å². The summed E-state index contributed by atoms with van der Waals surface area (Å²) in [7, 11) is 0. The van der Waals surface area contributed by atoms with E-state index in [-0.39, 0.29) is 12.4 Å². The fourth-order valence-corrected chi connectivity index (χ4v) is 3.29. The zero-order chi connectivity index (χ0) is 15.8. The van der Waals surface area contributed by atoms with Crippen LogP contribution < -0.4 is 5.32 Å². The van der Waals surface area contributed by atoms with Crippen LogP contribution in [0, 0.1) is 19.8 Å². The maximum Gasteiger partial charge on any atom is 0.150 e. The van der Waals surface area contributed by atoms with Crippen LogP contribution >= 0.6 is 12.4 Å². The predicted molar refractivity (Wildman–Crippen MR) is 103 cm³/mol.